The number of hydrogen-bond donors (Lipinski definition) is 2. The van der Waals surface area contributed by atoms with Crippen LogP contribution in [0, 0.1) is 6.92 Å². The number of hydrogen-bond acceptors (Lipinski definition) is 4. The summed E-state index contributed by atoms with van der Waals surface area (Å²) in [6, 6.07) is 2.57. The summed E-state index contributed by atoms with van der Waals surface area (Å²) in [5.74, 6) is 0.459. The van der Waals surface area contributed by atoms with Crippen LogP contribution in [-0.4, -0.2) is 28.9 Å². The fourth-order valence-corrected chi connectivity index (χ4v) is 3.90. The van der Waals surface area contributed by atoms with Gasteiger partial charge in [-0.15, -0.1) is 11.3 Å². The molecule has 2 atom stereocenters. The average molecular weight is 250 g/mol. The second-order valence-corrected chi connectivity index (χ2v) is 5.90. The molecule has 1 aliphatic rings. The Morgan fingerprint density at radius 3 is 3.12 bits per heavy atom. The first-order valence-electron chi connectivity index (χ1n) is 6.06. The van der Waals surface area contributed by atoms with E-state index in [1.807, 2.05) is 23.1 Å². The van der Waals surface area contributed by atoms with Crippen LogP contribution in [0.4, 0.5) is 0 Å². The lowest BCUT2D eigenvalue weighted by atomic mass is 9.92. The number of piperidine rings is 1. The van der Waals surface area contributed by atoms with E-state index in [1.165, 1.54) is 15.1 Å². The topological polar surface area (TPSA) is 55.9 Å². The van der Waals surface area contributed by atoms with Crippen molar-refractivity contribution in [2.75, 3.05) is 13.1 Å². The molecule has 17 heavy (non-hydrogen) atoms. The molecule has 3 N–H and O–H groups in total. The monoisotopic (exact) mass is 250 g/mol. The van der Waals surface area contributed by atoms with Crippen molar-refractivity contribution in [2.24, 2.45) is 12.8 Å². The van der Waals surface area contributed by atoms with Crippen LogP contribution in [0.5, 0.6) is 0 Å². The molecule has 2 aromatic heterocycles. The van der Waals surface area contributed by atoms with E-state index in [4.69, 9.17) is 5.73 Å². The standard InChI is InChI=1S/C12H18N4S/c1-7-8-5-11(17-12(8)16(2)15-7)9-6-14-4-3-10(9)13/h5,9-10,14H,3-4,6,13H2,1-2H3. The van der Waals surface area contributed by atoms with Crippen LogP contribution in [0.15, 0.2) is 6.07 Å². The zero-order valence-corrected chi connectivity index (χ0v) is 11.0. The van der Waals surface area contributed by atoms with Crippen LogP contribution in [0.25, 0.3) is 10.2 Å². The van der Waals surface area contributed by atoms with Crippen molar-refractivity contribution < 1.29 is 0 Å². The number of fused-ring (bicyclic) bond motifs is 1. The molecule has 0 radical (unpaired) electrons. The van der Waals surface area contributed by atoms with Gasteiger partial charge in [0.15, 0.2) is 0 Å². The number of aromatic nitrogens is 2. The Labute approximate surface area is 105 Å². The van der Waals surface area contributed by atoms with Gasteiger partial charge in [0.05, 0.1) is 5.69 Å². The summed E-state index contributed by atoms with van der Waals surface area (Å²) >= 11 is 1.84. The van der Waals surface area contributed by atoms with Gasteiger partial charge in [0.1, 0.15) is 4.83 Å². The van der Waals surface area contributed by atoms with Gasteiger partial charge < -0.3 is 11.1 Å². The smallest absolute Gasteiger partial charge is 0.121 e. The fourth-order valence-electron chi connectivity index (χ4n) is 2.60. The molecule has 2 aromatic rings. The third-order valence-corrected chi connectivity index (χ3v) is 4.95. The van der Waals surface area contributed by atoms with E-state index < -0.39 is 0 Å². The molecular weight excluding hydrogens is 232 g/mol. The van der Waals surface area contributed by atoms with E-state index in [0.29, 0.717) is 5.92 Å². The first kappa shape index (κ1) is 11.2. The minimum atomic E-state index is 0.289. The second kappa shape index (κ2) is 4.08. The van der Waals surface area contributed by atoms with Gasteiger partial charge in [-0.2, -0.15) is 5.10 Å². The second-order valence-electron chi connectivity index (χ2n) is 4.84. The maximum absolute atomic E-state index is 6.22. The van der Waals surface area contributed by atoms with Gasteiger partial charge in [-0.1, -0.05) is 0 Å². The van der Waals surface area contributed by atoms with Crippen molar-refractivity contribution in [1.82, 2.24) is 15.1 Å². The van der Waals surface area contributed by atoms with Crippen LogP contribution in [0.1, 0.15) is 22.9 Å². The lowest BCUT2D eigenvalue weighted by Crippen LogP contribution is -2.42. The van der Waals surface area contributed by atoms with Crippen molar-refractivity contribution in [3.63, 3.8) is 0 Å². The number of nitrogens with zero attached hydrogens (tertiary/aromatic N) is 2. The highest BCUT2D eigenvalue weighted by Crippen LogP contribution is 2.34. The van der Waals surface area contributed by atoms with Crippen molar-refractivity contribution in [2.45, 2.75) is 25.3 Å². The Morgan fingerprint density at radius 1 is 1.59 bits per heavy atom. The van der Waals surface area contributed by atoms with Crippen LogP contribution in [-0.2, 0) is 7.05 Å². The predicted octanol–water partition coefficient (Wildman–Crippen LogP) is 1.35. The van der Waals surface area contributed by atoms with E-state index in [-0.39, 0.29) is 6.04 Å². The first-order valence-corrected chi connectivity index (χ1v) is 6.88. The number of nitrogens with two attached hydrogens (primary N) is 1. The lowest BCUT2D eigenvalue weighted by Gasteiger charge is -2.28. The molecule has 0 bridgehead atoms. The highest BCUT2D eigenvalue weighted by molar-refractivity contribution is 7.18. The van der Waals surface area contributed by atoms with E-state index in [2.05, 4.69) is 23.4 Å². The summed E-state index contributed by atoms with van der Waals surface area (Å²) in [6.07, 6.45) is 1.07. The van der Waals surface area contributed by atoms with Crippen LogP contribution in [0.2, 0.25) is 0 Å². The maximum Gasteiger partial charge on any atom is 0.121 e. The van der Waals surface area contributed by atoms with E-state index >= 15 is 0 Å². The summed E-state index contributed by atoms with van der Waals surface area (Å²) in [5, 5.41) is 9.15. The van der Waals surface area contributed by atoms with E-state index in [0.717, 1.165) is 25.2 Å². The average Bonchev–Trinajstić information content (AvgIpc) is 2.83. The number of nitrogens with one attached hydrogen (secondary N) is 1. The predicted molar refractivity (Wildman–Crippen MR) is 71.5 cm³/mol. The highest BCUT2D eigenvalue weighted by Gasteiger charge is 2.25. The molecule has 0 aliphatic carbocycles. The third kappa shape index (κ3) is 1.78. The van der Waals surface area contributed by atoms with E-state index in [1.54, 1.807) is 0 Å². The molecule has 5 heteroatoms. The number of aryl methyl sites for hydroxylation is 2. The Kier molecular flexibility index (Phi) is 2.69. The van der Waals surface area contributed by atoms with Gasteiger partial charge in [0, 0.05) is 35.8 Å². The Bertz CT molecular complexity index is 507. The maximum atomic E-state index is 6.22. The molecule has 3 rings (SSSR count). The molecule has 3 heterocycles. The summed E-state index contributed by atoms with van der Waals surface area (Å²) in [5.41, 5.74) is 7.34. The molecule has 0 spiro atoms. The largest absolute Gasteiger partial charge is 0.327 e. The van der Waals surface area contributed by atoms with Gasteiger partial charge in [0.2, 0.25) is 0 Å². The molecular formula is C12H18N4S. The fraction of sp³-hybridized carbons (Fsp3) is 0.583. The molecule has 92 valence electrons. The molecule has 2 unspecified atom stereocenters. The lowest BCUT2D eigenvalue weighted by molar-refractivity contribution is 0.407. The van der Waals surface area contributed by atoms with Crippen LogP contribution in [0.3, 0.4) is 0 Å². The normalized spacial score (nSPS) is 25.6. The molecule has 1 saturated heterocycles. The summed E-state index contributed by atoms with van der Waals surface area (Å²) in [7, 11) is 2.01. The molecule has 1 aliphatic heterocycles. The van der Waals surface area contributed by atoms with Crippen molar-refractivity contribution >= 4 is 21.6 Å². The van der Waals surface area contributed by atoms with Crippen molar-refractivity contribution in [1.29, 1.82) is 0 Å². The van der Waals surface area contributed by atoms with Crippen LogP contribution >= 0.6 is 11.3 Å². The SMILES string of the molecule is Cc1nn(C)c2sc(C3CNCCC3N)cc12. The minimum absolute atomic E-state index is 0.289. The quantitative estimate of drug-likeness (QED) is 0.803. The third-order valence-electron chi connectivity index (χ3n) is 3.62. The van der Waals surface area contributed by atoms with E-state index in [9.17, 15) is 0 Å². The highest BCUT2D eigenvalue weighted by atomic mass is 32.1. The number of thiophene rings is 1. The molecule has 0 saturated carbocycles. The Hall–Kier alpha value is -0.910. The Morgan fingerprint density at radius 2 is 2.41 bits per heavy atom. The molecule has 4 nitrogen and oxygen atoms in total. The first-order chi connectivity index (χ1) is 8.16. The summed E-state index contributed by atoms with van der Waals surface area (Å²) < 4.78 is 1.97. The van der Waals surface area contributed by atoms with Gasteiger partial charge in [0.25, 0.3) is 0 Å². The molecule has 0 aromatic carbocycles. The van der Waals surface area contributed by atoms with Gasteiger partial charge in [-0.05, 0) is 26.0 Å². The minimum Gasteiger partial charge on any atom is -0.327 e. The van der Waals surface area contributed by atoms with Gasteiger partial charge in [-0.25, -0.2) is 0 Å². The van der Waals surface area contributed by atoms with Gasteiger partial charge >= 0.3 is 0 Å². The Balaban J connectivity index is 2.02. The van der Waals surface area contributed by atoms with Gasteiger partial charge in [-0.3, -0.25) is 4.68 Å². The zero-order chi connectivity index (χ0) is 12.0. The molecule has 0 amide bonds. The van der Waals surface area contributed by atoms with Crippen molar-refractivity contribution in [3.05, 3.63) is 16.6 Å². The van der Waals surface area contributed by atoms with Crippen LogP contribution < -0.4 is 11.1 Å². The number of rotatable bonds is 1. The molecule has 1 fully saturated rings. The summed E-state index contributed by atoms with van der Waals surface area (Å²) in [6.45, 7) is 4.11. The summed E-state index contributed by atoms with van der Waals surface area (Å²) in [4.78, 5) is 2.66. The zero-order valence-electron chi connectivity index (χ0n) is 10.2. The van der Waals surface area contributed by atoms with Crippen molar-refractivity contribution in [3.8, 4) is 0 Å².